The van der Waals surface area contributed by atoms with Gasteiger partial charge in [-0.3, -0.25) is 4.18 Å². The minimum absolute atomic E-state index is 0.190. The Morgan fingerprint density at radius 1 is 0.909 bits per heavy atom. The lowest BCUT2D eigenvalue weighted by Crippen LogP contribution is -2.19. The maximum atomic E-state index is 12.4. The molecule has 0 saturated carbocycles. The molecule has 0 saturated heterocycles. The number of hydrogen-bond donors (Lipinski definition) is 0. The van der Waals surface area contributed by atoms with Crippen LogP contribution in [0.3, 0.4) is 0 Å². The van der Waals surface area contributed by atoms with Crippen molar-refractivity contribution >= 4 is 10.1 Å². The summed E-state index contributed by atoms with van der Waals surface area (Å²) in [6.07, 6.45) is 8.01. The average molecular weight is 327 g/mol. The molecule has 4 heteroatoms. The van der Waals surface area contributed by atoms with Gasteiger partial charge in [0.15, 0.2) is 0 Å². The Morgan fingerprint density at radius 2 is 1.41 bits per heavy atom. The second kappa shape index (κ2) is 10.0. The molecular weight excluding hydrogens is 296 g/mol. The van der Waals surface area contributed by atoms with E-state index in [0.29, 0.717) is 0 Å². The normalized spacial score (nSPS) is 12.0. The van der Waals surface area contributed by atoms with E-state index in [1.54, 1.807) is 24.3 Å². The molecule has 0 aromatic heterocycles. The number of hydrogen-bond acceptors (Lipinski definition) is 3. The van der Waals surface area contributed by atoms with Gasteiger partial charge in [0.25, 0.3) is 10.1 Å². The molecule has 0 aliphatic rings. The first-order valence-corrected chi connectivity index (χ1v) is 9.90. The van der Waals surface area contributed by atoms with Crippen LogP contribution in [0.5, 0.6) is 0 Å². The Morgan fingerprint density at radius 3 is 1.86 bits per heavy atom. The first-order valence-electron chi connectivity index (χ1n) is 8.49. The van der Waals surface area contributed by atoms with Crippen molar-refractivity contribution in [3.05, 3.63) is 29.8 Å². The molecule has 22 heavy (non-hydrogen) atoms. The third-order valence-corrected chi connectivity index (χ3v) is 5.21. The van der Waals surface area contributed by atoms with Crippen molar-refractivity contribution in [2.75, 3.05) is 0 Å². The Kier molecular flexibility index (Phi) is 8.72. The predicted octanol–water partition coefficient (Wildman–Crippen LogP) is 5.23. The van der Waals surface area contributed by atoms with Crippen LogP contribution in [0.4, 0.5) is 0 Å². The van der Waals surface area contributed by atoms with Gasteiger partial charge in [0.1, 0.15) is 0 Å². The quantitative estimate of drug-likeness (QED) is 0.413. The Balaban J connectivity index is 2.70. The first kappa shape index (κ1) is 19.2. The Bertz CT molecular complexity index is 496. The van der Waals surface area contributed by atoms with E-state index in [-0.39, 0.29) is 11.0 Å². The summed E-state index contributed by atoms with van der Waals surface area (Å²) in [6.45, 7) is 6.24. The van der Waals surface area contributed by atoms with E-state index in [1.807, 2.05) is 6.92 Å². The second-order valence-electron chi connectivity index (χ2n) is 5.98. The summed E-state index contributed by atoms with van der Waals surface area (Å²) in [7, 11) is -3.65. The molecule has 3 nitrogen and oxygen atoms in total. The van der Waals surface area contributed by atoms with Crippen LogP contribution in [-0.2, 0) is 14.3 Å². The number of benzene rings is 1. The molecule has 126 valence electrons. The van der Waals surface area contributed by atoms with Gasteiger partial charge in [-0.05, 0) is 31.9 Å². The highest BCUT2D eigenvalue weighted by atomic mass is 32.2. The zero-order chi connectivity index (χ0) is 16.4. The predicted molar refractivity (Wildman–Crippen MR) is 91.5 cm³/mol. The fraction of sp³-hybridized carbons (Fsp3) is 0.667. The molecule has 0 atom stereocenters. The first-order chi connectivity index (χ1) is 10.5. The zero-order valence-corrected chi connectivity index (χ0v) is 15.0. The van der Waals surface area contributed by atoms with Gasteiger partial charge in [-0.15, -0.1) is 0 Å². The minimum atomic E-state index is -3.65. The highest BCUT2D eigenvalue weighted by Gasteiger charge is 2.21. The van der Waals surface area contributed by atoms with Gasteiger partial charge < -0.3 is 0 Å². The van der Waals surface area contributed by atoms with Crippen molar-refractivity contribution in [1.82, 2.24) is 0 Å². The van der Waals surface area contributed by atoms with E-state index in [9.17, 15) is 8.42 Å². The van der Waals surface area contributed by atoms with E-state index in [0.717, 1.165) is 56.9 Å². The van der Waals surface area contributed by atoms with Crippen LogP contribution >= 0.6 is 0 Å². The van der Waals surface area contributed by atoms with Crippen LogP contribution in [0.15, 0.2) is 29.2 Å². The van der Waals surface area contributed by atoms with Gasteiger partial charge in [0, 0.05) is 0 Å². The van der Waals surface area contributed by atoms with Crippen LogP contribution in [-0.4, -0.2) is 14.5 Å². The summed E-state index contributed by atoms with van der Waals surface area (Å²) < 4.78 is 30.3. The van der Waals surface area contributed by atoms with Gasteiger partial charge >= 0.3 is 0 Å². The molecule has 0 heterocycles. The van der Waals surface area contributed by atoms with Gasteiger partial charge in [-0.1, -0.05) is 70.1 Å². The summed E-state index contributed by atoms with van der Waals surface area (Å²) in [5, 5.41) is 0. The molecule has 0 N–H and O–H groups in total. The van der Waals surface area contributed by atoms with Crippen molar-refractivity contribution in [3.63, 3.8) is 0 Å². The van der Waals surface area contributed by atoms with Crippen LogP contribution in [0.2, 0.25) is 0 Å². The molecule has 0 spiro atoms. The van der Waals surface area contributed by atoms with Crippen molar-refractivity contribution in [2.45, 2.75) is 83.1 Å². The topological polar surface area (TPSA) is 43.4 Å². The molecule has 0 aliphatic heterocycles. The fourth-order valence-corrected chi connectivity index (χ4v) is 3.56. The number of aryl methyl sites for hydroxylation is 1. The largest absolute Gasteiger partial charge is 0.297 e. The standard InChI is InChI=1S/C18H30O3S/c1-4-6-8-10-17(11-9-7-5-2)21-22(19,20)18-14-12-16(3)13-15-18/h12-15,17H,4-11H2,1-3H3. The molecule has 0 amide bonds. The maximum absolute atomic E-state index is 12.4. The van der Waals surface area contributed by atoms with E-state index < -0.39 is 10.1 Å². The molecule has 0 bridgehead atoms. The smallest absolute Gasteiger partial charge is 0.263 e. The Labute approximate surface area is 136 Å². The monoisotopic (exact) mass is 326 g/mol. The van der Waals surface area contributed by atoms with Crippen LogP contribution in [0.1, 0.15) is 70.8 Å². The maximum Gasteiger partial charge on any atom is 0.297 e. The molecule has 0 aliphatic carbocycles. The molecule has 0 unspecified atom stereocenters. The van der Waals surface area contributed by atoms with E-state index in [2.05, 4.69) is 13.8 Å². The van der Waals surface area contributed by atoms with Crippen LogP contribution in [0, 0.1) is 6.92 Å². The molecule has 0 radical (unpaired) electrons. The van der Waals surface area contributed by atoms with Gasteiger partial charge in [-0.2, -0.15) is 8.42 Å². The third kappa shape index (κ3) is 6.93. The van der Waals surface area contributed by atoms with Gasteiger partial charge in [0.05, 0.1) is 11.0 Å². The minimum Gasteiger partial charge on any atom is -0.263 e. The summed E-state index contributed by atoms with van der Waals surface area (Å²) in [5.41, 5.74) is 1.04. The molecule has 1 aromatic carbocycles. The van der Waals surface area contributed by atoms with Crippen molar-refractivity contribution in [3.8, 4) is 0 Å². The van der Waals surface area contributed by atoms with Crippen molar-refractivity contribution < 1.29 is 12.6 Å². The van der Waals surface area contributed by atoms with Crippen LogP contribution in [0.25, 0.3) is 0 Å². The summed E-state index contributed by atoms with van der Waals surface area (Å²) in [4.78, 5) is 0.258. The lowest BCUT2D eigenvalue weighted by molar-refractivity contribution is 0.180. The van der Waals surface area contributed by atoms with E-state index >= 15 is 0 Å². The van der Waals surface area contributed by atoms with Gasteiger partial charge in [0.2, 0.25) is 0 Å². The average Bonchev–Trinajstić information content (AvgIpc) is 2.47. The zero-order valence-electron chi connectivity index (χ0n) is 14.2. The highest BCUT2D eigenvalue weighted by Crippen LogP contribution is 2.21. The summed E-state index contributed by atoms with van der Waals surface area (Å²) in [5.74, 6) is 0. The van der Waals surface area contributed by atoms with Crippen molar-refractivity contribution in [2.24, 2.45) is 0 Å². The number of rotatable bonds is 11. The third-order valence-electron chi connectivity index (χ3n) is 3.83. The highest BCUT2D eigenvalue weighted by molar-refractivity contribution is 7.86. The van der Waals surface area contributed by atoms with Gasteiger partial charge in [-0.25, -0.2) is 0 Å². The molecule has 1 aromatic rings. The van der Waals surface area contributed by atoms with E-state index in [1.165, 1.54) is 0 Å². The summed E-state index contributed by atoms with van der Waals surface area (Å²) in [6, 6.07) is 6.86. The Hall–Kier alpha value is -0.870. The lowest BCUT2D eigenvalue weighted by atomic mass is 10.0. The van der Waals surface area contributed by atoms with E-state index in [4.69, 9.17) is 4.18 Å². The molecule has 1 rings (SSSR count). The lowest BCUT2D eigenvalue weighted by Gasteiger charge is -2.17. The summed E-state index contributed by atoms with van der Waals surface area (Å²) >= 11 is 0. The molecule has 0 fully saturated rings. The van der Waals surface area contributed by atoms with Crippen molar-refractivity contribution in [1.29, 1.82) is 0 Å². The second-order valence-corrected chi connectivity index (χ2v) is 7.55. The SMILES string of the molecule is CCCCCC(CCCCC)OS(=O)(=O)c1ccc(C)cc1. The fourth-order valence-electron chi connectivity index (χ4n) is 2.42. The van der Waals surface area contributed by atoms with Crippen LogP contribution < -0.4 is 0 Å². The number of unbranched alkanes of at least 4 members (excludes halogenated alkanes) is 4. The molecular formula is C18H30O3S.